The van der Waals surface area contributed by atoms with E-state index < -0.39 is 11.9 Å². The Bertz CT molecular complexity index is 114. The van der Waals surface area contributed by atoms with Gasteiger partial charge in [-0.25, -0.2) is 0 Å². The van der Waals surface area contributed by atoms with Crippen molar-refractivity contribution in [1.29, 1.82) is 0 Å². The zero-order valence-corrected chi connectivity index (χ0v) is 8.91. The number of hydrogen-bond acceptors (Lipinski definition) is 3. The summed E-state index contributed by atoms with van der Waals surface area (Å²) in [6, 6.07) is 0. The number of carbonyl (C=O) groups excluding carboxylic acids is 2. The zero-order valence-electron chi connectivity index (χ0n) is 5.39. The van der Waals surface area contributed by atoms with E-state index in [4.69, 9.17) is 23.2 Å². The summed E-state index contributed by atoms with van der Waals surface area (Å²) in [6.45, 7) is 0. The van der Waals surface area contributed by atoms with Gasteiger partial charge in [0.1, 0.15) is 11.8 Å². The molecule has 0 aliphatic rings. The number of carbonyl (C=O) groups is 2. The molecule has 0 fully saturated rings. The van der Waals surface area contributed by atoms with Crippen LogP contribution >= 0.6 is 23.2 Å². The summed E-state index contributed by atoms with van der Waals surface area (Å²) in [6.07, 6.45) is 0. The number of rotatable bonds is 2. The molecule has 0 atom stereocenters. The largest absolute Gasteiger partial charge is 0.391 e. The van der Waals surface area contributed by atoms with Crippen molar-refractivity contribution in [3.8, 4) is 0 Å². The van der Waals surface area contributed by atoms with Gasteiger partial charge in [-0.3, -0.25) is 9.59 Å². The zero-order chi connectivity index (χ0) is 7.28. The summed E-state index contributed by atoms with van der Waals surface area (Å²) in [7, 11) is 0. The minimum atomic E-state index is -0.776. The molecule has 0 spiro atoms. The normalized spacial score (nSPS) is 7.80. The maximum atomic E-state index is 10.1. The third-order valence-corrected chi connectivity index (χ3v) is 0.882. The minimum absolute atomic E-state index is 0. The van der Waals surface area contributed by atoms with Gasteiger partial charge in [0.2, 0.25) is 0 Å². The van der Waals surface area contributed by atoms with Crippen molar-refractivity contribution in [3.63, 3.8) is 0 Å². The second-order valence-electron chi connectivity index (χ2n) is 1.11. The van der Waals surface area contributed by atoms with Crippen molar-refractivity contribution in [1.82, 2.24) is 0 Å². The van der Waals surface area contributed by atoms with Gasteiger partial charge in [-0.2, -0.15) is 0 Å². The molecule has 0 aromatic heterocycles. The van der Waals surface area contributed by atoms with Crippen LogP contribution in [0.25, 0.3) is 0 Å². The molecule has 0 unspecified atom stereocenters. The Morgan fingerprint density at radius 2 is 1.40 bits per heavy atom. The number of hydrogen-bond donors (Lipinski definition) is 0. The van der Waals surface area contributed by atoms with Gasteiger partial charge in [-0.05, 0) is 0 Å². The van der Waals surface area contributed by atoms with E-state index in [9.17, 15) is 9.59 Å². The molecular weight excluding hydrogens is 190 g/mol. The molecule has 0 heterocycles. The Balaban J connectivity index is 0. The van der Waals surface area contributed by atoms with Gasteiger partial charge in [0.25, 0.3) is 0 Å². The monoisotopic (exact) mass is 193 g/mol. The van der Waals surface area contributed by atoms with E-state index in [-0.39, 0.29) is 41.3 Å². The third kappa shape index (κ3) is 6.83. The molecule has 0 saturated heterocycles. The quantitative estimate of drug-likeness (QED) is 0.272. The Kier molecular flexibility index (Phi) is 10.4. The second kappa shape index (κ2) is 7.82. The molecule has 0 amide bonds. The van der Waals surface area contributed by atoms with E-state index in [1.54, 1.807) is 0 Å². The molecule has 0 aromatic rings. The van der Waals surface area contributed by atoms with Crippen molar-refractivity contribution in [2.45, 2.75) is 0 Å². The maximum Gasteiger partial charge on any atom is 0.328 e. The average Bonchev–Trinajstić information content (AvgIpc) is 1.87. The van der Waals surface area contributed by atoms with Crippen molar-refractivity contribution < 1.29 is 14.3 Å². The van der Waals surface area contributed by atoms with Crippen molar-refractivity contribution in [3.05, 3.63) is 0 Å². The number of esters is 2. The fraction of sp³-hybridized carbons (Fsp3) is 0.500. The molecule has 3 nitrogen and oxygen atoms in total. The van der Waals surface area contributed by atoms with E-state index in [1.807, 2.05) is 0 Å². The van der Waals surface area contributed by atoms with Gasteiger partial charge in [-0.15, -0.1) is 23.2 Å². The fourth-order valence-corrected chi connectivity index (χ4v) is 0.291. The first kappa shape index (κ1) is 13.3. The molecule has 0 aromatic carbocycles. The fourth-order valence-electron chi connectivity index (χ4n) is 0.182. The van der Waals surface area contributed by atoms with Gasteiger partial charge in [-0.1, -0.05) is 0 Å². The summed E-state index contributed by atoms with van der Waals surface area (Å²) in [5.74, 6) is -2.21. The summed E-state index contributed by atoms with van der Waals surface area (Å²) in [4.78, 5) is 20.3. The van der Waals surface area contributed by atoms with Crippen LogP contribution in [0.1, 0.15) is 0 Å². The SMILES string of the molecule is O=C(CCl)OC(=O)CCl.[Na]. The summed E-state index contributed by atoms with van der Waals surface area (Å²) in [5.41, 5.74) is 0. The second-order valence-corrected chi connectivity index (χ2v) is 1.65. The third-order valence-electron chi connectivity index (χ3n) is 0.446. The van der Waals surface area contributed by atoms with Gasteiger partial charge in [0, 0.05) is 29.6 Å². The van der Waals surface area contributed by atoms with Crippen molar-refractivity contribution in [2.75, 3.05) is 11.8 Å². The van der Waals surface area contributed by atoms with Crippen LogP contribution in [0.5, 0.6) is 0 Å². The average molecular weight is 194 g/mol. The molecule has 0 bridgehead atoms. The van der Waals surface area contributed by atoms with Crippen LogP contribution in [-0.4, -0.2) is 53.3 Å². The number of alkyl halides is 2. The molecule has 6 heteroatoms. The molecule has 0 N–H and O–H groups in total. The predicted molar refractivity (Wildman–Crippen MR) is 38.3 cm³/mol. The van der Waals surface area contributed by atoms with E-state index in [0.29, 0.717) is 0 Å². The van der Waals surface area contributed by atoms with Gasteiger partial charge >= 0.3 is 11.9 Å². The van der Waals surface area contributed by atoms with E-state index >= 15 is 0 Å². The smallest absolute Gasteiger partial charge is 0.328 e. The number of halogens is 2. The molecule has 10 heavy (non-hydrogen) atoms. The van der Waals surface area contributed by atoms with Crippen LogP contribution in [0.3, 0.4) is 0 Å². The Hall–Kier alpha value is 0.720. The molecule has 53 valence electrons. The van der Waals surface area contributed by atoms with Crippen LogP contribution < -0.4 is 0 Å². The van der Waals surface area contributed by atoms with Crippen LogP contribution in [0.15, 0.2) is 0 Å². The van der Waals surface area contributed by atoms with Crippen LogP contribution in [-0.2, 0) is 14.3 Å². The molecular formula is C4H4Cl2NaO3. The summed E-state index contributed by atoms with van der Waals surface area (Å²) >= 11 is 9.97. The van der Waals surface area contributed by atoms with Crippen molar-refractivity contribution in [2.24, 2.45) is 0 Å². The Morgan fingerprint density at radius 3 is 1.60 bits per heavy atom. The van der Waals surface area contributed by atoms with Crippen LogP contribution in [0.4, 0.5) is 0 Å². The molecule has 0 saturated carbocycles. The standard InChI is InChI=1S/C4H4Cl2O3.Na/c5-1-3(7)9-4(8)2-6;/h1-2H2;. The first-order chi connectivity index (χ1) is 4.20. The van der Waals surface area contributed by atoms with E-state index in [2.05, 4.69) is 4.74 Å². The molecule has 0 rings (SSSR count). The van der Waals surface area contributed by atoms with Gasteiger partial charge in [0.15, 0.2) is 0 Å². The van der Waals surface area contributed by atoms with E-state index in [0.717, 1.165) is 0 Å². The minimum Gasteiger partial charge on any atom is -0.391 e. The molecule has 0 aliphatic heterocycles. The van der Waals surface area contributed by atoms with Crippen LogP contribution in [0.2, 0.25) is 0 Å². The van der Waals surface area contributed by atoms with Crippen molar-refractivity contribution >= 4 is 64.7 Å². The van der Waals surface area contributed by atoms with Gasteiger partial charge in [0.05, 0.1) is 0 Å². The first-order valence-electron chi connectivity index (χ1n) is 2.06. The predicted octanol–water partition coefficient (Wildman–Crippen LogP) is 0.153. The maximum absolute atomic E-state index is 10.1. The number of ether oxygens (including phenoxy) is 1. The summed E-state index contributed by atoms with van der Waals surface area (Å²) < 4.78 is 4.01. The Labute approximate surface area is 90.3 Å². The first-order valence-corrected chi connectivity index (χ1v) is 3.13. The topological polar surface area (TPSA) is 43.4 Å². The molecule has 1 radical (unpaired) electrons. The van der Waals surface area contributed by atoms with Crippen LogP contribution in [0, 0.1) is 0 Å². The van der Waals surface area contributed by atoms with Gasteiger partial charge < -0.3 is 4.74 Å². The van der Waals surface area contributed by atoms with E-state index in [1.165, 1.54) is 0 Å². The Morgan fingerprint density at radius 1 is 1.10 bits per heavy atom. The summed E-state index contributed by atoms with van der Waals surface area (Å²) in [5, 5.41) is 0. The molecule has 0 aliphatic carbocycles.